The summed E-state index contributed by atoms with van der Waals surface area (Å²) < 4.78 is 2.40. The molecule has 2 aromatic rings. The minimum absolute atomic E-state index is 0.853. The Morgan fingerprint density at radius 1 is 0.933 bits per heavy atom. The molecule has 1 heteroatoms. The lowest BCUT2D eigenvalue weighted by Crippen LogP contribution is -2.03. The smallest absolute Gasteiger partial charge is 0.0534 e. The normalized spacial score (nSPS) is 14.1. The molecule has 1 aromatic carbocycles. The van der Waals surface area contributed by atoms with Crippen LogP contribution in [0.2, 0.25) is 0 Å². The van der Waals surface area contributed by atoms with Gasteiger partial charge in [-0.15, -0.1) is 0 Å². The molecule has 0 amide bonds. The number of rotatable bonds is 8. The summed E-state index contributed by atoms with van der Waals surface area (Å²) in [7, 11) is 0. The zero-order valence-electron chi connectivity index (χ0n) is 19.4. The first-order chi connectivity index (χ1) is 14.4. The summed E-state index contributed by atoms with van der Waals surface area (Å²) in [6, 6.07) is 8.66. The fraction of sp³-hybridized carbons (Fsp3) is 0.241. The summed E-state index contributed by atoms with van der Waals surface area (Å²) in [4.78, 5) is 0. The quantitative estimate of drug-likeness (QED) is 0.393. The Balaban J connectivity index is 2.89. The average molecular weight is 398 g/mol. The van der Waals surface area contributed by atoms with E-state index >= 15 is 0 Å². The van der Waals surface area contributed by atoms with Gasteiger partial charge in [0.1, 0.15) is 0 Å². The zero-order chi connectivity index (χ0) is 22.1. The minimum atomic E-state index is 0.853. The van der Waals surface area contributed by atoms with Gasteiger partial charge < -0.3 is 4.57 Å². The Bertz CT molecular complexity index is 1080. The van der Waals surface area contributed by atoms with Crippen molar-refractivity contribution in [3.05, 3.63) is 107 Å². The lowest BCUT2D eigenvalue weighted by molar-refractivity contribution is 0.986. The van der Waals surface area contributed by atoms with E-state index in [1.165, 1.54) is 39.0 Å². The SMILES string of the molecule is C=C(C)/C=C\c1c(CC(/C=C\C)=C(C)/C=C\C)n(/C(C)=C/C=C\C)c2ccccc12. The van der Waals surface area contributed by atoms with Crippen LogP contribution >= 0.6 is 0 Å². The Morgan fingerprint density at radius 3 is 2.27 bits per heavy atom. The number of benzene rings is 1. The molecule has 0 atom stereocenters. The summed E-state index contributed by atoms with van der Waals surface area (Å²) in [5, 5.41) is 1.27. The molecule has 30 heavy (non-hydrogen) atoms. The third-order valence-corrected chi connectivity index (χ3v) is 5.08. The number of hydrogen-bond donors (Lipinski definition) is 0. The van der Waals surface area contributed by atoms with E-state index < -0.39 is 0 Å². The first kappa shape index (κ1) is 23.2. The predicted molar refractivity (Wildman–Crippen MR) is 137 cm³/mol. The van der Waals surface area contributed by atoms with Gasteiger partial charge in [-0.25, -0.2) is 0 Å². The van der Waals surface area contributed by atoms with Crippen molar-refractivity contribution in [2.75, 3.05) is 0 Å². The van der Waals surface area contributed by atoms with E-state index in [1.54, 1.807) is 0 Å². The predicted octanol–water partition coefficient (Wildman–Crippen LogP) is 8.68. The summed E-state index contributed by atoms with van der Waals surface area (Å²) in [5.41, 5.74) is 8.66. The topological polar surface area (TPSA) is 4.93 Å². The third kappa shape index (κ3) is 5.51. The van der Waals surface area contributed by atoms with Crippen LogP contribution in [0.25, 0.3) is 22.7 Å². The highest BCUT2D eigenvalue weighted by atomic mass is 15.0. The minimum Gasteiger partial charge on any atom is -0.317 e. The van der Waals surface area contributed by atoms with Gasteiger partial charge in [0.2, 0.25) is 0 Å². The van der Waals surface area contributed by atoms with Crippen LogP contribution in [0.3, 0.4) is 0 Å². The van der Waals surface area contributed by atoms with Crippen molar-refractivity contribution in [3.8, 4) is 0 Å². The van der Waals surface area contributed by atoms with E-state index in [9.17, 15) is 0 Å². The maximum Gasteiger partial charge on any atom is 0.0534 e. The van der Waals surface area contributed by atoms with Gasteiger partial charge in [-0.05, 0) is 64.8 Å². The number of fused-ring (bicyclic) bond motifs is 1. The van der Waals surface area contributed by atoms with Gasteiger partial charge in [0.25, 0.3) is 0 Å². The highest BCUT2D eigenvalue weighted by Crippen LogP contribution is 2.33. The molecule has 0 fully saturated rings. The van der Waals surface area contributed by atoms with Gasteiger partial charge in [-0.2, -0.15) is 0 Å². The van der Waals surface area contributed by atoms with Crippen LogP contribution in [-0.4, -0.2) is 4.57 Å². The molecule has 0 bridgehead atoms. The molecule has 0 spiro atoms. The van der Waals surface area contributed by atoms with Gasteiger partial charge in [-0.3, -0.25) is 0 Å². The summed E-state index contributed by atoms with van der Waals surface area (Å²) in [5.74, 6) is 0. The molecule has 0 aliphatic heterocycles. The fourth-order valence-corrected chi connectivity index (χ4v) is 3.68. The van der Waals surface area contributed by atoms with E-state index in [0.717, 1.165) is 12.0 Å². The number of para-hydroxylation sites is 1. The molecule has 0 saturated heterocycles. The lowest BCUT2D eigenvalue weighted by atomic mass is 9.99. The first-order valence-electron chi connectivity index (χ1n) is 10.7. The van der Waals surface area contributed by atoms with Gasteiger partial charge >= 0.3 is 0 Å². The van der Waals surface area contributed by atoms with E-state index in [-0.39, 0.29) is 0 Å². The molecule has 156 valence electrons. The van der Waals surface area contributed by atoms with Gasteiger partial charge in [-0.1, -0.05) is 79.0 Å². The molecule has 1 heterocycles. The molecule has 0 N–H and O–H groups in total. The second-order valence-corrected chi connectivity index (χ2v) is 7.61. The fourth-order valence-electron chi connectivity index (χ4n) is 3.68. The lowest BCUT2D eigenvalue weighted by Gasteiger charge is -2.14. The van der Waals surface area contributed by atoms with Crippen LogP contribution < -0.4 is 0 Å². The Hall–Kier alpha value is -3.06. The molecule has 0 unspecified atom stereocenters. The Labute approximate surface area is 182 Å². The number of nitrogens with zero attached hydrogens (tertiary/aromatic N) is 1. The highest BCUT2D eigenvalue weighted by Gasteiger charge is 2.17. The van der Waals surface area contributed by atoms with Crippen LogP contribution in [0.4, 0.5) is 0 Å². The average Bonchev–Trinajstić information content (AvgIpc) is 3.03. The van der Waals surface area contributed by atoms with E-state index in [1.807, 2.05) is 13.8 Å². The third-order valence-electron chi connectivity index (χ3n) is 5.08. The second-order valence-electron chi connectivity index (χ2n) is 7.61. The van der Waals surface area contributed by atoms with Crippen LogP contribution in [0.1, 0.15) is 52.8 Å². The van der Waals surface area contributed by atoms with Crippen molar-refractivity contribution >= 4 is 22.7 Å². The standard InChI is InChI=1S/C29H35N/c1-8-11-16-24(7)30-28-18-13-12-17-26(28)27(20-19-22(4)5)29(30)21-25(15-10-3)23(6)14-9-2/h8-20H,4,21H2,1-3,5-7H3/b11-8-,14-9-,15-10-,20-19-,24-16+,25-23+. The number of aromatic nitrogens is 1. The monoisotopic (exact) mass is 397 g/mol. The summed E-state index contributed by atoms with van der Waals surface area (Å²) >= 11 is 0. The molecule has 0 aliphatic carbocycles. The molecular weight excluding hydrogens is 362 g/mol. The van der Waals surface area contributed by atoms with Gasteiger partial charge in [0, 0.05) is 28.8 Å². The molecule has 1 aromatic heterocycles. The van der Waals surface area contributed by atoms with Crippen LogP contribution in [0.15, 0.2) is 96.2 Å². The van der Waals surface area contributed by atoms with Gasteiger partial charge in [0.15, 0.2) is 0 Å². The van der Waals surface area contributed by atoms with E-state index in [2.05, 4.69) is 118 Å². The van der Waals surface area contributed by atoms with Crippen molar-refractivity contribution in [1.29, 1.82) is 0 Å². The zero-order valence-corrected chi connectivity index (χ0v) is 19.4. The molecule has 2 rings (SSSR count). The highest BCUT2D eigenvalue weighted by molar-refractivity contribution is 5.94. The molecule has 1 nitrogen and oxygen atoms in total. The molecular formula is C29H35N. The van der Waals surface area contributed by atoms with Crippen molar-refractivity contribution in [1.82, 2.24) is 4.57 Å². The molecule has 0 radical (unpaired) electrons. The summed E-state index contributed by atoms with van der Waals surface area (Å²) in [6.07, 6.45) is 20.2. The number of hydrogen-bond acceptors (Lipinski definition) is 0. The molecule has 0 saturated carbocycles. The van der Waals surface area contributed by atoms with Crippen molar-refractivity contribution < 1.29 is 0 Å². The summed E-state index contributed by atoms with van der Waals surface area (Å²) in [6.45, 7) is 16.7. The van der Waals surface area contributed by atoms with Crippen LogP contribution in [0.5, 0.6) is 0 Å². The van der Waals surface area contributed by atoms with E-state index in [0.29, 0.717) is 0 Å². The van der Waals surface area contributed by atoms with Crippen molar-refractivity contribution in [3.63, 3.8) is 0 Å². The van der Waals surface area contributed by atoms with Crippen LogP contribution in [-0.2, 0) is 6.42 Å². The Morgan fingerprint density at radius 2 is 1.63 bits per heavy atom. The van der Waals surface area contributed by atoms with Crippen molar-refractivity contribution in [2.45, 2.75) is 48.0 Å². The van der Waals surface area contributed by atoms with Crippen molar-refractivity contribution in [2.24, 2.45) is 0 Å². The number of allylic oxidation sites excluding steroid dienone is 12. The van der Waals surface area contributed by atoms with E-state index in [4.69, 9.17) is 0 Å². The molecule has 0 aliphatic rings. The second kappa shape index (κ2) is 11.2. The first-order valence-corrected chi connectivity index (χ1v) is 10.7. The van der Waals surface area contributed by atoms with Crippen LogP contribution in [0, 0.1) is 0 Å². The maximum absolute atomic E-state index is 4.06. The largest absolute Gasteiger partial charge is 0.317 e. The Kier molecular flexibility index (Phi) is 8.68. The maximum atomic E-state index is 4.06. The van der Waals surface area contributed by atoms with Gasteiger partial charge in [0.05, 0.1) is 5.52 Å².